The van der Waals surface area contributed by atoms with Gasteiger partial charge >= 0.3 is 0 Å². The van der Waals surface area contributed by atoms with Gasteiger partial charge in [-0.15, -0.1) is 0 Å². The lowest BCUT2D eigenvalue weighted by Gasteiger charge is -2.13. The van der Waals surface area contributed by atoms with Crippen LogP contribution in [-0.2, 0) is 4.74 Å². The minimum absolute atomic E-state index is 0.00832. The van der Waals surface area contributed by atoms with Crippen LogP contribution in [0.15, 0.2) is 18.2 Å². The molecule has 1 aromatic carbocycles. The second-order valence-corrected chi connectivity index (χ2v) is 4.49. The number of nitrogens with zero attached hydrogens (tertiary/aromatic N) is 1. The van der Waals surface area contributed by atoms with Gasteiger partial charge in [-0.2, -0.15) is 0 Å². The summed E-state index contributed by atoms with van der Waals surface area (Å²) in [4.78, 5) is 22.0. The summed E-state index contributed by atoms with van der Waals surface area (Å²) in [5.41, 5.74) is -0.0702. The normalized spacial score (nSPS) is 11.9. The summed E-state index contributed by atoms with van der Waals surface area (Å²) in [5.74, 6) is -0.372. The Bertz CT molecular complexity index is 479. The summed E-state index contributed by atoms with van der Waals surface area (Å²) in [6, 6.07) is 3.88. The number of hydrogen-bond donors (Lipinski definition) is 1. The van der Waals surface area contributed by atoms with Gasteiger partial charge in [-0.1, -0.05) is 11.6 Å². The Labute approximate surface area is 115 Å². The molecule has 0 saturated carbocycles. The van der Waals surface area contributed by atoms with Crippen LogP contribution >= 0.6 is 11.6 Å². The van der Waals surface area contributed by atoms with Gasteiger partial charge in [0.25, 0.3) is 11.6 Å². The van der Waals surface area contributed by atoms with E-state index in [1.165, 1.54) is 18.2 Å². The zero-order valence-electron chi connectivity index (χ0n) is 10.7. The molecule has 1 N–H and O–H groups in total. The molecule has 1 unspecified atom stereocenters. The Kier molecular flexibility index (Phi) is 5.72. The van der Waals surface area contributed by atoms with E-state index in [2.05, 4.69) is 5.32 Å². The SMILES string of the molecule is COCCC(C)NC(=O)c1ccc(Cl)c([N+](=O)[O-])c1. The van der Waals surface area contributed by atoms with E-state index in [9.17, 15) is 14.9 Å². The molecular weight excluding hydrogens is 272 g/mol. The molecule has 0 aliphatic rings. The second-order valence-electron chi connectivity index (χ2n) is 4.08. The number of carbonyl (C=O) groups is 1. The fourth-order valence-corrected chi connectivity index (χ4v) is 1.65. The standard InChI is InChI=1S/C12H15ClN2O4/c1-8(5-6-19-2)14-12(16)9-3-4-10(13)11(7-9)15(17)18/h3-4,7-8H,5-6H2,1-2H3,(H,14,16). The van der Waals surface area contributed by atoms with Gasteiger partial charge in [-0.25, -0.2) is 0 Å². The minimum atomic E-state index is -0.618. The molecule has 0 aliphatic carbocycles. The first-order valence-electron chi connectivity index (χ1n) is 5.69. The van der Waals surface area contributed by atoms with Gasteiger partial charge in [0, 0.05) is 31.4 Å². The first-order valence-corrected chi connectivity index (χ1v) is 6.07. The Morgan fingerprint density at radius 2 is 2.26 bits per heavy atom. The topological polar surface area (TPSA) is 81.5 Å². The van der Waals surface area contributed by atoms with Crippen LogP contribution in [0.3, 0.4) is 0 Å². The van der Waals surface area contributed by atoms with E-state index in [1.54, 1.807) is 7.11 Å². The van der Waals surface area contributed by atoms with Crippen LogP contribution in [0.25, 0.3) is 0 Å². The Morgan fingerprint density at radius 3 is 2.84 bits per heavy atom. The third kappa shape index (κ3) is 4.50. The van der Waals surface area contributed by atoms with Crippen LogP contribution in [-0.4, -0.2) is 30.6 Å². The van der Waals surface area contributed by atoms with E-state index < -0.39 is 4.92 Å². The molecule has 104 valence electrons. The molecular formula is C12H15ClN2O4. The number of halogens is 1. The first kappa shape index (κ1) is 15.4. The number of nitro groups is 1. The van der Waals surface area contributed by atoms with E-state index in [0.717, 1.165) is 0 Å². The lowest BCUT2D eigenvalue weighted by molar-refractivity contribution is -0.384. The highest BCUT2D eigenvalue weighted by Crippen LogP contribution is 2.25. The van der Waals surface area contributed by atoms with E-state index in [1.807, 2.05) is 6.92 Å². The van der Waals surface area contributed by atoms with E-state index in [-0.39, 0.29) is 28.2 Å². The van der Waals surface area contributed by atoms with Gasteiger partial charge in [-0.3, -0.25) is 14.9 Å². The zero-order valence-corrected chi connectivity index (χ0v) is 11.4. The van der Waals surface area contributed by atoms with Crippen molar-refractivity contribution in [1.82, 2.24) is 5.32 Å². The summed E-state index contributed by atoms with van der Waals surface area (Å²) in [5, 5.41) is 13.5. The Hall–Kier alpha value is -1.66. The molecule has 0 heterocycles. The lowest BCUT2D eigenvalue weighted by Crippen LogP contribution is -2.33. The van der Waals surface area contributed by atoms with E-state index in [4.69, 9.17) is 16.3 Å². The molecule has 0 radical (unpaired) electrons. The highest BCUT2D eigenvalue weighted by molar-refractivity contribution is 6.32. The van der Waals surface area contributed by atoms with Crippen LogP contribution in [0.1, 0.15) is 23.7 Å². The van der Waals surface area contributed by atoms with E-state index in [0.29, 0.717) is 13.0 Å². The number of hydrogen-bond acceptors (Lipinski definition) is 4. The van der Waals surface area contributed by atoms with E-state index >= 15 is 0 Å². The quantitative estimate of drug-likeness (QED) is 0.643. The molecule has 7 heteroatoms. The van der Waals surface area contributed by atoms with Crippen molar-refractivity contribution in [3.05, 3.63) is 38.9 Å². The van der Waals surface area contributed by atoms with Crippen molar-refractivity contribution in [1.29, 1.82) is 0 Å². The van der Waals surface area contributed by atoms with Gasteiger partial charge in [-0.05, 0) is 25.5 Å². The molecule has 19 heavy (non-hydrogen) atoms. The molecule has 0 bridgehead atoms. The molecule has 0 aliphatic heterocycles. The molecule has 0 fully saturated rings. The third-order valence-corrected chi connectivity index (χ3v) is 2.86. The maximum absolute atomic E-state index is 11.9. The molecule has 6 nitrogen and oxygen atoms in total. The monoisotopic (exact) mass is 286 g/mol. The number of methoxy groups -OCH3 is 1. The number of nitro benzene ring substituents is 1. The van der Waals surface area contributed by atoms with Crippen molar-refractivity contribution in [3.63, 3.8) is 0 Å². The Morgan fingerprint density at radius 1 is 1.58 bits per heavy atom. The minimum Gasteiger partial charge on any atom is -0.385 e. The van der Waals surface area contributed by atoms with Crippen LogP contribution in [0, 0.1) is 10.1 Å². The number of amides is 1. The highest BCUT2D eigenvalue weighted by atomic mass is 35.5. The highest BCUT2D eigenvalue weighted by Gasteiger charge is 2.17. The summed E-state index contributed by atoms with van der Waals surface area (Å²) in [7, 11) is 1.58. The maximum Gasteiger partial charge on any atom is 0.288 e. The van der Waals surface area contributed by atoms with Crippen LogP contribution in [0.4, 0.5) is 5.69 Å². The fourth-order valence-electron chi connectivity index (χ4n) is 1.47. The summed E-state index contributed by atoms with van der Waals surface area (Å²) in [6.07, 6.45) is 0.665. The van der Waals surface area contributed by atoms with Gasteiger partial charge in [0.05, 0.1) is 4.92 Å². The predicted octanol–water partition coefficient (Wildman–Crippen LogP) is 2.40. The van der Waals surface area contributed by atoms with Crippen molar-refractivity contribution in [2.45, 2.75) is 19.4 Å². The van der Waals surface area contributed by atoms with Gasteiger partial charge in [0.1, 0.15) is 5.02 Å². The summed E-state index contributed by atoms with van der Waals surface area (Å²) >= 11 is 5.68. The first-order chi connectivity index (χ1) is 8.95. The summed E-state index contributed by atoms with van der Waals surface area (Å²) in [6.45, 7) is 2.36. The molecule has 1 amide bonds. The number of carbonyl (C=O) groups excluding carboxylic acids is 1. The van der Waals surface area contributed by atoms with Crippen molar-refractivity contribution in [2.75, 3.05) is 13.7 Å². The van der Waals surface area contributed by atoms with Crippen LogP contribution in [0.2, 0.25) is 5.02 Å². The molecule has 1 atom stereocenters. The second kappa shape index (κ2) is 7.06. The molecule has 0 spiro atoms. The fraction of sp³-hybridized carbons (Fsp3) is 0.417. The number of rotatable bonds is 6. The van der Waals surface area contributed by atoms with Gasteiger partial charge < -0.3 is 10.1 Å². The van der Waals surface area contributed by atoms with Crippen molar-refractivity contribution in [3.8, 4) is 0 Å². The maximum atomic E-state index is 11.9. The van der Waals surface area contributed by atoms with Gasteiger partial charge in [0.2, 0.25) is 0 Å². The van der Waals surface area contributed by atoms with Crippen LogP contribution < -0.4 is 5.32 Å². The van der Waals surface area contributed by atoms with Crippen molar-refractivity contribution >= 4 is 23.2 Å². The largest absolute Gasteiger partial charge is 0.385 e. The lowest BCUT2D eigenvalue weighted by atomic mass is 10.1. The molecule has 0 saturated heterocycles. The average molecular weight is 287 g/mol. The Balaban J connectivity index is 2.77. The van der Waals surface area contributed by atoms with Gasteiger partial charge in [0.15, 0.2) is 0 Å². The van der Waals surface area contributed by atoms with Crippen LogP contribution in [0.5, 0.6) is 0 Å². The molecule has 1 rings (SSSR count). The molecule has 0 aromatic heterocycles. The molecule has 1 aromatic rings. The third-order valence-electron chi connectivity index (χ3n) is 2.54. The number of nitrogens with one attached hydrogen (secondary N) is 1. The van der Waals surface area contributed by atoms with Crippen molar-refractivity contribution in [2.24, 2.45) is 0 Å². The predicted molar refractivity (Wildman–Crippen MR) is 71.5 cm³/mol. The number of ether oxygens (including phenoxy) is 1. The average Bonchev–Trinajstić information content (AvgIpc) is 2.36. The smallest absolute Gasteiger partial charge is 0.288 e. The summed E-state index contributed by atoms with van der Waals surface area (Å²) < 4.78 is 4.91. The number of benzene rings is 1. The zero-order chi connectivity index (χ0) is 14.4. The van der Waals surface area contributed by atoms with Crippen molar-refractivity contribution < 1.29 is 14.5 Å².